The third kappa shape index (κ3) is 10.4. The molecule has 0 amide bonds. The molecule has 0 saturated carbocycles. The van der Waals surface area contributed by atoms with E-state index in [1.807, 2.05) is 24.3 Å². The number of Topliss-reactive ketones (excluding diaryl/α,β-unsaturated/α-hetero) is 1. The van der Waals surface area contributed by atoms with E-state index in [-0.39, 0.29) is 18.6 Å². The Morgan fingerprint density at radius 1 is 0.865 bits per heavy atom. The van der Waals surface area contributed by atoms with Crippen LogP contribution >= 0.6 is 0 Å². The van der Waals surface area contributed by atoms with E-state index in [1.54, 1.807) is 20.8 Å². The zero-order valence-electron chi connectivity index (χ0n) is 21.5. The van der Waals surface area contributed by atoms with Crippen molar-refractivity contribution in [2.45, 2.75) is 58.2 Å². The SMILES string of the molecule is COC(=O)C(CCc1ccc(CCCOCC(=O)OC(C)(C)C)cc1)C(=O)c1ccc(C(F)(F)F)cc1. The van der Waals surface area contributed by atoms with Crippen LogP contribution in [-0.2, 0) is 42.8 Å². The van der Waals surface area contributed by atoms with Crippen LogP contribution in [0.15, 0.2) is 48.5 Å². The summed E-state index contributed by atoms with van der Waals surface area (Å²) in [5, 5.41) is 0. The quantitative estimate of drug-likeness (QED) is 0.156. The van der Waals surface area contributed by atoms with E-state index >= 15 is 0 Å². The Balaban J connectivity index is 1.86. The summed E-state index contributed by atoms with van der Waals surface area (Å²) in [6.45, 7) is 5.70. The first kappa shape index (κ1) is 30.0. The minimum absolute atomic E-state index is 0.0210. The van der Waals surface area contributed by atoms with Crippen LogP contribution in [0.5, 0.6) is 0 Å². The maximum Gasteiger partial charge on any atom is 0.416 e. The van der Waals surface area contributed by atoms with Gasteiger partial charge in [-0.15, -0.1) is 0 Å². The molecule has 1 unspecified atom stereocenters. The molecule has 0 radical (unpaired) electrons. The normalized spacial score (nSPS) is 12.6. The molecule has 0 fully saturated rings. The summed E-state index contributed by atoms with van der Waals surface area (Å²) in [6.07, 6.45) is -2.49. The Morgan fingerprint density at radius 2 is 1.43 bits per heavy atom. The highest BCUT2D eigenvalue weighted by Gasteiger charge is 2.32. The number of carbonyl (C=O) groups is 3. The second-order valence-electron chi connectivity index (χ2n) is 9.61. The Bertz CT molecular complexity index is 1040. The lowest BCUT2D eigenvalue weighted by atomic mass is 9.91. The zero-order chi connectivity index (χ0) is 27.6. The summed E-state index contributed by atoms with van der Waals surface area (Å²) < 4.78 is 53.7. The third-order valence-corrected chi connectivity index (χ3v) is 5.44. The molecular weight excluding hydrogens is 489 g/mol. The lowest BCUT2D eigenvalue weighted by Gasteiger charge is -2.19. The molecule has 37 heavy (non-hydrogen) atoms. The standard InChI is InChI=1S/C28H33F3O6/c1-27(2,3)37-24(32)18-36-17-5-6-19-7-9-20(10-8-19)11-16-23(26(34)35-4)25(33)21-12-14-22(15-13-21)28(29,30)31/h7-10,12-15,23H,5-6,11,16-18H2,1-4H3. The van der Waals surface area contributed by atoms with Crippen LogP contribution < -0.4 is 0 Å². The lowest BCUT2D eigenvalue weighted by Crippen LogP contribution is -2.26. The smallest absolute Gasteiger partial charge is 0.416 e. The number of alkyl halides is 3. The fourth-order valence-corrected chi connectivity index (χ4v) is 3.61. The zero-order valence-corrected chi connectivity index (χ0v) is 21.5. The number of esters is 2. The average molecular weight is 523 g/mol. The second kappa shape index (κ2) is 13.4. The van der Waals surface area contributed by atoms with Crippen molar-refractivity contribution in [3.05, 3.63) is 70.8 Å². The number of ketones is 1. The van der Waals surface area contributed by atoms with E-state index in [1.165, 1.54) is 7.11 Å². The molecule has 2 aromatic rings. The number of halogens is 3. The number of ether oxygens (including phenoxy) is 3. The van der Waals surface area contributed by atoms with Crippen molar-refractivity contribution in [2.75, 3.05) is 20.3 Å². The van der Waals surface area contributed by atoms with Gasteiger partial charge in [-0.25, -0.2) is 4.79 Å². The predicted molar refractivity (Wildman–Crippen MR) is 131 cm³/mol. The van der Waals surface area contributed by atoms with Crippen molar-refractivity contribution in [3.63, 3.8) is 0 Å². The van der Waals surface area contributed by atoms with Crippen molar-refractivity contribution >= 4 is 17.7 Å². The van der Waals surface area contributed by atoms with Crippen LogP contribution in [0.2, 0.25) is 0 Å². The van der Waals surface area contributed by atoms with Crippen molar-refractivity contribution in [2.24, 2.45) is 5.92 Å². The Hall–Kier alpha value is -3.20. The van der Waals surface area contributed by atoms with Crippen LogP contribution in [0.25, 0.3) is 0 Å². The molecule has 2 rings (SSSR count). The first-order chi connectivity index (χ1) is 17.3. The van der Waals surface area contributed by atoms with E-state index in [4.69, 9.17) is 14.2 Å². The van der Waals surface area contributed by atoms with Gasteiger partial charge < -0.3 is 14.2 Å². The molecule has 6 nitrogen and oxygen atoms in total. The molecule has 0 aliphatic carbocycles. The van der Waals surface area contributed by atoms with Gasteiger partial charge in [0.15, 0.2) is 5.78 Å². The molecule has 0 aromatic heterocycles. The van der Waals surface area contributed by atoms with Gasteiger partial charge in [-0.05, 0) is 69.7 Å². The Labute approximate surface area is 215 Å². The fourth-order valence-electron chi connectivity index (χ4n) is 3.61. The van der Waals surface area contributed by atoms with Crippen LogP contribution in [0, 0.1) is 5.92 Å². The highest BCUT2D eigenvalue weighted by molar-refractivity contribution is 6.08. The molecule has 0 spiro atoms. The maximum atomic E-state index is 12.8. The van der Waals surface area contributed by atoms with Gasteiger partial charge in [0.05, 0.1) is 12.7 Å². The molecule has 9 heteroatoms. The molecule has 0 saturated heterocycles. The van der Waals surface area contributed by atoms with Gasteiger partial charge in [0.25, 0.3) is 0 Å². The topological polar surface area (TPSA) is 78.9 Å². The number of carbonyl (C=O) groups excluding carboxylic acids is 3. The lowest BCUT2D eigenvalue weighted by molar-refractivity contribution is -0.160. The van der Waals surface area contributed by atoms with Gasteiger partial charge in [0.1, 0.15) is 18.1 Å². The fraction of sp³-hybridized carbons (Fsp3) is 0.464. The first-order valence-corrected chi connectivity index (χ1v) is 12.0. The van der Waals surface area contributed by atoms with E-state index in [0.29, 0.717) is 19.4 Å². The molecule has 0 aliphatic heterocycles. The maximum absolute atomic E-state index is 12.8. The summed E-state index contributed by atoms with van der Waals surface area (Å²) >= 11 is 0. The minimum atomic E-state index is -4.51. The molecular formula is C28H33F3O6. The van der Waals surface area contributed by atoms with Crippen molar-refractivity contribution in [1.29, 1.82) is 0 Å². The predicted octanol–water partition coefficient (Wildman–Crippen LogP) is 5.60. The molecule has 202 valence electrons. The average Bonchev–Trinajstić information content (AvgIpc) is 2.83. The number of hydrogen-bond donors (Lipinski definition) is 0. The third-order valence-electron chi connectivity index (χ3n) is 5.44. The van der Waals surface area contributed by atoms with E-state index in [2.05, 4.69) is 0 Å². The van der Waals surface area contributed by atoms with Gasteiger partial charge in [-0.1, -0.05) is 36.4 Å². The Kier molecular flexibility index (Phi) is 10.9. The van der Waals surface area contributed by atoms with Crippen LogP contribution in [0.3, 0.4) is 0 Å². The molecule has 0 heterocycles. The number of rotatable bonds is 12. The first-order valence-electron chi connectivity index (χ1n) is 12.0. The van der Waals surface area contributed by atoms with Crippen LogP contribution in [0.1, 0.15) is 60.7 Å². The van der Waals surface area contributed by atoms with Crippen LogP contribution in [-0.4, -0.2) is 43.6 Å². The highest BCUT2D eigenvalue weighted by Crippen LogP contribution is 2.29. The molecule has 0 N–H and O–H groups in total. The van der Waals surface area contributed by atoms with Crippen molar-refractivity contribution in [3.8, 4) is 0 Å². The Morgan fingerprint density at radius 3 is 1.95 bits per heavy atom. The summed E-state index contributed by atoms with van der Waals surface area (Å²) in [5.41, 5.74) is 0.573. The largest absolute Gasteiger partial charge is 0.468 e. The van der Waals surface area contributed by atoms with Gasteiger partial charge in [-0.3, -0.25) is 9.59 Å². The van der Waals surface area contributed by atoms with Gasteiger partial charge in [0, 0.05) is 12.2 Å². The highest BCUT2D eigenvalue weighted by atomic mass is 19.4. The summed E-state index contributed by atoms with van der Waals surface area (Å²) in [7, 11) is 1.17. The monoisotopic (exact) mass is 522 g/mol. The minimum Gasteiger partial charge on any atom is -0.468 e. The molecule has 0 bridgehead atoms. The van der Waals surface area contributed by atoms with E-state index < -0.39 is 41.0 Å². The van der Waals surface area contributed by atoms with Crippen molar-refractivity contribution in [1.82, 2.24) is 0 Å². The number of aryl methyl sites for hydroxylation is 2. The molecule has 2 aromatic carbocycles. The number of hydrogen-bond acceptors (Lipinski definition) is 6. The van der Waals surface area contributed by atoms with Gasteiger partial charge in [-0.2, -0.15) is 13.2 Å². The van der Waals surface area contributed by atoms with E-state index in [9.17, 15) is 27.6 Å². The van der Waals surface area contributed by atoms with Crippen molar-refractivity contribution < 1.29 is 41.8 Å². The molecule has 1 atom stereocenters. The molecule has 0 aliphatic rings. The second-order valence-corrected chi connectivity index (χ2v) is 9.61. The number of methoxy groups -OCH3 is 1. The number of benzene rings is 2. The van der Waals surface area contributed by atoms with Gasteiger partial charge >= 0.3 is 18.1 Å². The summed E-state index contributed by atoms with van der Waals surface area (Å²) in [4.78, 5) is 36.7. The van der Waals surface area contributed by atoms with Gasteiger partial charge in [0.2, 0.25) is 0 Å². The van der Waals surface area contributed by atoms with Crippen LogP contribution in [0.4, 0.5) is 13.2 Å². The van der Waals surface area contributed by atoms with E-state index in [0.717, 1.165) is 41.8 Å². The summed E-state index contributed by atoms with van der Waals surface area (Å²) in [6, 6.07) is 11.5. The summed E-state index contributed by atoms with van der Waals surface area (Å²) in [5.74, 6) is -2.83.